The van der Waals surface area contributed by atoms with E-state index in [1.165, 1.54) is 0 Å². The number of benzene rings is 2. The lowest BCUT2D eigenvalue weighted by Gasteiger charge is -2.30. The van der Waals surface area contributed by atoms with Gasteiger partial charge < -0.3 is 9.84 Å². The second kappa shape index (κ2) is 6.98. The molecule has 0 atom stereocenters. The second-order valence-corrected chi connectivity index (χ2v) is 6.70. The van der Waals surface area contributed by atoms with Crippen LogP contribution < -0.4 is 9.75 Å². The monoisotopic (exact) mass is 376 g/mol. The van der Waals surface area contributed by atoms with Gasteiger partial charge in [-0.3, -0.25) is 0 Å². The van der Waals surface area contributed by atoms with Crippen molar-refractivity contribution in [3.63, 3.8) is 0 Å². The lowest BCUT2D eigenvalue weighted by molar-refractivity contribution is 0.342. The van der Waals surface area contributed by atoms with Gasteiger partial charge >= 0.3 is 0 Å². The Labute approximate surface area is 156 Å². The standard InChI is InChI=1S/C19H18Cl2N2O2/c1-4-12-5-16-18(9-17(12)24)25-10-11(2)19(16)23(22-3)15-7-13(20)6-14(21)8-15/h5-9,24H,3-4,10H2,1-2H3. The molecule has 0 saturated carbocycles. The Morgan fingerprint density at radius 1 is 1.20 bits per heavy atom. The number of hydrazone groups is 1. The largest absolute Gasteiger partial charge is 0.508 e. The fourth-order valence-corrected chi connectivity index (χ4v) is 3.44. The number of halogens is 2. The molecule has 2 aromatic carbocycles. The van der Waals surface area contributed by atoms with Crippen molar-refractivity contribution in [3.05, 3.63) is 57.1 Å². The summed E-state index contributed by atoms with van der Waals surface area (Å²) in [7, 11) is 0. The molecule has 25 heavy (non-hydrogen) atoms. The van der Waals surface area contributed by atoms with E-state index in [2.05, 4.69) is 11.8 Å². The number of phenols is 1. The Hall–Kier alpha value is -2.17. The molecule has 0 bridgehead atoms. The van der Waals surface area contributed by atoms with Gasteiger partial charge in [0.05, 0.1) is 11.4 Å². The van der Waals surface area contributed by atoms with E-state index in [4.69, 9.17) is 27.9 Å². The molecule has 1 aliphatic heterocycles. The van der Waals surface area contributed by atoms with Crippen LogP contribution in [0.4, 0.5) is 5.69 Å². The quantitative estimate of drug-likeness (QED) is 0.565. The molecule has 0 fully saturated rings. The summed E-state index contributed by atoms with van der Waals surface area (Å²) < 4.78 is 5.77. The first kappa shape index (κ1) is 17.6. The highest BCUT2D eigenvalue weighted by Gasteiger charge is 2.25. The van der Waals surface area contributed by atoms with E-state index < -0.39 is 0 Å². The zero-order valence-corrected chi connectivity index (χ0v) is 15.5. The van der Waals surface area contributed by atoms with Crippen LogP contribution in [-0.4, -0.2) is 18.4 Å². The minimum atomic E-state index is 0.226. The molecule has 130 valence electrons. The Bertz CT molecular complexity index is 858. The Morgan fingerprint density at radius 3 is 2.48 bits per heavy atom. The maximum Gasteiger partial charge on any atom is 0.132 e. The topological polar surface area (TPSA) is 45.1 Å². The van der Waals surface area contributed by atoms with Gasteiger partial charge in [0.15, 0.2) is 0 Å². The van der Waals surface area contributed by atoms with Gasteiger partial charge in [0, 0.05) is 28.4 Å². The van der Waals surface area contributed by atoms with Gasteiger partial charge in [-0.25, -0.2) is 5.01 Å². The van der Waals surface area contributed by atoms with Gasteiger partial charge in [-0.1, -0.05) is 30.1 Å². The van der Waals surface area contributed by atoms with E-state index in [1.807, 2.05) is 19.9 Å². The number of rotatable bonds is 4. The molecule has 0 aliphatic carbocycles. The van der Waals surface area contributed by atoms with E-state index in [1.54, 1.807) is 29.3 Å². The summed E-state index contributed by atoms with van der Waals surface area (Å²) in [5.41, 5.74) is 4.23. The van der Waals surface area contributed by atoms with Gasteiger partial charge in [0.25, 0.3) is 0 Å². The first-order chi connectivity index (χ1) is 11.9. The predicted octanol–water partition coefficient (Wildman–Crippen LogP) is 5.51. The number of fused-ring (bicyclic) bond motifs is 1. The highest BCUT2D eigenvalue weighted by Crippen LogP contribution is 2.41. The molecular weight excluding hydrogens is 359 g/mol. The van der Waals surface area contributed by atoms with Gasteiger partial charge in [-0.05, 0) is 48.7 Å². The van der Waals surface area contributed by atoms with Crippen LogP contribution in [0.2, 0.25) is 10.0 Å². The third kappa shape index (κ3) is 3.32. The van der Waals surface area contributed by atoms with Gasteiger partial charge in [-0.2, -0.15) is 5.10 Å². The van der Waals surface area contributed by atoms with Crippen LogP contribution in [0.25, 0.3) is 5.70 Å². The highest BCUT2D eigenvalue weighted by atomic mass is 35.5. The summed E-state index contributed by atoms with van der Waals surface area (Å²) in [6, 6.07) is 8.79. The van der Waals surface area contributed by atoms with Crippen molar-refractivity contribution in [1.29, 1.82) is 0 Å². The zero-order chi connectivity index (χ0) is 18.1. The maximum atomic E-state index is 10.1. The number of hydrogen-bond acceptors (Lipinski definition) is 4. The maximum absolute atomic E-state index is 10.1. The van der Waals surface area contributed by atoms with Crippen LogP contribution in [0, 0.1) is 0 Å². The predicted molar refractivity (Wildman–Crippen MR) is 104 cm³/mol. The molecule has 0 amide bonds. The van der Waals surface area contributed by atoms with Crippen molar-refractivity contribution < 1.29 is 9.84 Å². The first-order valence-corrected chi connectivity index (χ1v) is 8.61. The van der Waals surface area contributed by atoms with Crippen LogP contribution in [0.15, 0.2) is 41.0 Å². The molecule has 3 rings (SSSR count). The van der Waals surface area contributed by atoms with Crippen molar-refractivity contribution in [2.24, 2.45) is 5.10 Å². The van der Waals surface area contributed by atoms with Crippen molar-refractivity contribution in [1.82, 2.24) is 0 Å². The van der Waals surface area contributed by atoms with Gasteiger partial charge in [0.2, 0.25) is 0 Å². The average molecular weight is 377 g/mol. The van der Waals surface area contributed by atoms with Crippen molar-refractivity contribution in [2.45, 2.75) is 20.3 Å². The van der Waals surface area contributed by atoms with Crippen LogP contribution >= 0.6 is 23.2 Å². The van der Waals surface area contributed by atoms with Crippen LogP contribution in [0.3, 0.4) is 0 Å². The number of ether oxygens (including phenoxy) is 1. The van der Waals surface area contributed by atoms with Crippen LogP contribution in [0.5, 0.6) is 11.5 Å². The summed E-state index contributed by atoms with van der Waals surface area (Å²) in [5.74, 6) is 0.834. The second-order valence-electron chi connectivity index (χ2n) is 5.83. The summed E-state index contributed by atoms with van der Waals surface area (Å²) in [6.45, 7) is 8.06. The fourth-order valence-electron chi connectivity index (χ4n) is 2.92. The molecule has 6 heteroatoms. The van der Waals surface area contributed by atoms with Crippen LogP contribution in [0.1, 0.15) is 25.0 Å². The Balaban J connectivity index is 2.19. The molecule has 0 aromatic heterocycles. The lowest BCUT2D eigenvalue weighted by atomic mass is 9.99. The summed E-state index contributed by atoms with van der Waals surface area (Å²) in [6.07, 6.45) is 0.704. The van der Waals surface area contributed by atoms with Gasteiger partial charge in [-0.15, -0.1) is 0 Å². The molecular formula is C19H18Cl2N2O2. The third-order valence-electron chi connectivity index (χ3n) is 4.11. The van der Waals surface area contributed by atoms with E-state index in [-0.39, 0.29) is 5.75 Å². The average Bonchev–Trinajstić information content (AvgIpc) is 2.56. The molecule has 0 radical (unpaired) electrons. The molecule has 0 saturated heterocycles. The number of aryl methyl sites for hydroxylation is 1. The number of hydrogen-bond donors (Lipinski definition) is 1. The Kier molecular flexibility index (Phi) is 4.93. The molecule has 1 aliphatic rings. The SMILES string of the molecule is C=NN(C1=C(C)COc2cc(O)c(CC)cc21)c1cc(Cl)cc(Cl)c1. The molecule has 0 spiro atoms. The van der Waals surface area contributed by atoms with Crippen molar-refractivity contribution in [3.8, 4) is 11.5 Å². The number of phenolic OH excluding ortho intramolecular Hbond substituents is 1. The van der Waals surface area contributed by atoms with Crippen LogP contribution in [-0.2, 0) is 6.42 Å². The lowest BCUT2D eigenvalue weighted by Crippen LogP contribution is -2.22. The number of nitrogens with zero attached hydrogens (tertiary/aromatic N) is 2. The normalized spacial score (nSPS) is 13.3. The smallest absolute Gasteiger partial charge is 0.132 e. The molecule has 0 unspecified atom stereocenters. The summed E-state index contributed by atoms with van der Waals surface area (Å²) in [4.78, 5) is 0. The summed E-state index contributed by atoms with van der Waals surface area (Å²) >= 11 is 12.3. The molecule has 1 heterocycles. The number of anilines is 1. The third-order valence-corrected chi connectivity index (χ3v) is 4.55. The Morgan fingerprint density at radius 2 is 1.88 bits per heavy atom. The minimum absolute atomic E-state index is 0.226. The summed E-state index contributed by atoms with van der Waals surface area (Å²) in [5, 5.41) is 17.0. The molecule has 2 aromatic rings. The molecule has 1 N–H and O–H groups in total. The van der Waals surface area contributed by atoms with Gasteiger partial charge in [0.1, 0.15) is 18.1 Å². The minimum Gasteiger partial charge on any atom is -0.508 e. The van der Waals surface area contributed by atoms with E-state index in [9.17, 15) is 5.11 Å². The van der Waals surface area contributed by atoms with Crippen molar-refractivity contribution in [2.75, 3.05) is 11.6 Å². The van der Waals surface area contributed by atoms with Crippen molar-refractivity contribution >= 4 is 41.3 Å². The molecule has 4 nitrogen and oxygen atoms in total. The zero-order valence-electron chi connectivity index (χ0n) is 14.0. The van der Waals surface area contributed by atoms with E-state index in [0.29, 0.717) is 34.5 Å². The fraction of sp³-hybridized carbons (Fsp3) is 0.211. The van der Waals surface area contributed by atoms with E-state index >= 15 is 0 Å². The highest BCUT2D eigenvalue weighted by molar-refractivity contribution is 6.35. The number of aromatic hydroxyl groups is 1. The van der Waals surface area contributed by atoms with E-state index in [0.717, 1.165) is 22.4 Å². The first-order valence-electron chi connectivity index (χ1n) is 7.86.